The number of aliphatic imine (C=N–C) groups is 1. The Morgan fingerprint density at radius 2 is 1.97 bits per heavy atom. The molecule has 1 aromatic heterocycles. The monoisotopic (exact) mass is 423 g/mol. The number of amidine groups is 2. The van der Waals surface area contributed by atoms with Gasteiger partial charge in [0.25, 0.3) is 5.91 Å². The molecule has 2 aliphatic heterocycles. The third-order valence-electron chi connectivity index (χ3n) is 4.98. The van der Waals surface area contributed by atoms with Gasteiger partial charge in [0.1, 0.15) is 0 Å². The maximum absolute atomic E-state index is 12.6. The molecule has 0 aliphatic carbocycles. The molecular weight excluding hydrogens is 402 g/mol. The summed E-state index contributed by atoms with van der Waals surface area (Å²) < 4.78 is 2.93. The topological polar surface area (TPSA) is 73.8 Å². The van der Waals surface area contributed by atoms with Gasteiger partial charge in [0, 0.05) is 17.1 Å². The number of rotatable bonds is 3. The van der Waals surface area contributed by atoms with Crippen molar-refractivity contribution >= 4 is 50.9 Å². The van der Waals surface area contributed by atoms with E-state index in [-0.39, 0.29) is 11.4 Å². The predicted molar refractivity (Wildman–Crippen MR) is 123 cm³/mol. The molecule has 0 saturated heterocycles. The Kier molecular flexibility index (Phi) is 5.23. The van der Waals surface area contributed by atoms with Crippen LogP contribution in [0.5, 0.6) is 0 Å². The van der Waals surface area contributed by atoms with E-state index < -0.39 is 5.91 Å². The molecule has 4 rings (SSSR count). The van der Waals surface area contributed by atoms with E-state index in [9.17, 15) is 4.79 Å². The van der Waals surface area contributed by atoms with Crippen LogP contribution in [0.25, 0.3) is 11.8 Å². The van der Waals surface area contributed by atoms with Gasteiger partial charge < -0.3 is 4.57 Å². The molecule has 0 unspecified atom stereocenters. The van der Waals surface area contributed by atoms with Gasteiger partial charge in [0.15, 0.2) is 10.2 Å². The van der Waals surface area contributed by atoms with Crippen LogP contribution < -0.4 is 0 Å². The molecule has 2 aromatic rings. The number of amides is 1. The molecule has 0 spiro atoms. The molecule has 1 aromatic carbocycles. The van der Waals surface area contributed by atoms with Crippen molar-refractivity contribution in [2.75, 3.05) is 6.26 Å². The van der Waals surface area contributed by atoms with Crippen LogP contribution >= 0.6 is 23.5 Å². The molecule has 0 radical (unpaired) electrons. The third kappa shape index (κ3) is 3.47. The first-order valence-corrected chi connectivity index (χ1v) is 11.3. The van der Waals surface area contributed by atoms with Crippen molar-refractivity contribution in [3.8, 4) is 5.69 Å². The van der Waals surface area contributed by atoms with E-state index >= 15 is 0 Å². The summed E-state index contributed by atoms with van der Waals surface area (Å²) in [5.74, 6) is -0.336. The second kappa shape index (κ2) is 7.68. The highest BCUT2D eigenvalue weighted by atomic mass is 32.2. The Morgan fingerprint density at radius 3 is 2.62 bits per heavy atom. The maximum Gasteiger partial charge on any atom is 0.283 e. The Morgan fingerprint density at radius 1 is 1.24 bits per heavy atom. The summed E-state index contributed by atoms with van der Waals surface area (Å²) in [4.78, 5) is 16.7. The third-order valence-corrected chi connectivity index (χ3v) is 6.87. The Labute approximate surface area is 178 Å². The zero-order valence-corrected chi connectivity index (χ0v) is 18.3. The number of benzene rings is 1. The molecule has 1 amide bonds. The molecule has 6 nitrogen and oxygen atoms in total. The minimum absolute atomic E-state index is 0.0636. The first-order valence-electron chi connectivity index (χ1n) is 9.25. The summed E-state index contributed by atoms with van der Waals surface area (Å²) in [5.41, 5.74) is 5.60. The lowest BCUT2D eigenvalue weighted by Gasteiger charge is -2.20. The number of thioether (sulfide) groups is 2. The smallest absolute Gasteiger partial charge is 0.283 e. The lowest BCUT2D eigenvalue weighted by atomic mass is 10.1. The van der Waals surface area contributed by atoms with Crippen LogP contribution in [0.1, 0.15) is 29.4 Å². The number of nitrogens with zero attached hydrogens (tertiary/aromatic N) is 4. The highest BCUT2D eigenvalue weighted by Crippen LogP contribution is 2.32. The van der Waals surface area contributed by atoms with Crippen molar-refractivity contribution in [3.05, 3.63) is 58.4 Å². The average molecular weight is 424 g/mol. The molecule has 0 atom stereocenters. The minimum Gasteiger partial charge on any atom is -0.318 e. The van der Waals surface area contributed by atoms with Crippen LogP contribution in [0.3, 0.4) is 0 Å². The number of aromatic nitrogens is 1. The number of hydrogen-bond donors (Lipinski definition) is 1. The highest BCUT2D eigenvalue weighted by molar-refractivity contribution is 8.45. The van der Waals surface area contributed by atoms with Crippen LogP contribution in [0, 0.1) is 19.3 Å². The second-order valence-electron chi connectivity index (χ2n) is 6.77. The van der Waals surface area contributed by atoms with Gasteiger partial charge in [-0.15, -0.1) is 16.9 Å². The normalized spacial score (nSPS) is 17.7. The Bertz CT molecular complexity index is 1110. The van der Waals surface area contributed by atoms with Gasteiger partial charge in [-0.25, -0.2) is 0 Å². The lowest BCUT2D eigenvalue weighted by Crippen LogP contribution is -2.35. The maximum atomic E-state index is 12.6. The Balaban J connectivity index is 1.73. The number of aryl methyl sites for hydroxylation is 2. The fourth-order valence-electron chi connectivity index (χ4n) is 3.42. The molecule has 29 heavy (non-hydrogen) atoms. The second-order valence-corrected chi connectivity index (χ2v) is 8.78. The van der Waals surface area contributed by atoms with Gasteiger partial charge in [0.2, 0.25) is 5.17 Å². The fraction of sp³-hybridized carbons (Fsp3) is 0.238. The molecule has 0 bridgehead atoms. The first kappa shape index (κ1) is 19.7. The molecule has 8 heteroatoms. The number of hydrogen-bond acceptors (Lipinski definition) is 5. The summed E-state index contributed by atoms with van der Waals surface area (Å²) in [6.07, 6.45) is 4.67. The summed E-state index contributed by atoms with van der Waals surface area (Å²) in [6.45, 7) is 6.20. The van der Waals surface area contributed by atoms with Crippen molar-refractivity contribution in [2.45, 2.75) is 27.2 Å². The zero-order chi connectivity index (χ0) is 20.7. The van der Waals surface area contributed by atoms with Gasteiger partial charge in [-0.1, -0.05) is 19.1 Å². The number of carbonyl (C=O) groups excluding carboxylic acids is 1. The van der Waals surface area contributed by atoms with E-state index in [1.54, 1.807) is 6.08 Å². The van der Waals surface area contributed by atoms with E-state index in [2.05, 4.69) is 45.9 Å². The van der Waals surface area contributed by atoms with Crippen molar-refractivity contribution in [3.63, 3.8) is 0 Å². The van der Waals surface area contributed by atoms with Crippen molar-refractivity contribution in [1.82, 2.24) is 9.58 Å². The van der Waals surface area contributed by atoms with E-state index in [1.165, 1.54) is 34.1 Å². The highest BCUT2D eigenvalue weighted by Gasteiger charge is 2.35. The SMILES string of the molecule is CCc1ccc(-n2c(C)cc(/C=C3\C(=N)N4N=C(SC)SC4=NC3=O)c2C)cc1. The summed E-state index contributed by atoms with van der Waals surface area (Å²) in [6, 6.07) is 10.5. The quantitative estimate of drug-likeness (QED) is 0.733. The van der Waals surface area contributed by atoms with Gasteiger partial charge in [-0.2, -0.15) is 10.0 Å². The number of hydrazone groups is 1. The van der Waals surface area contributed by atoms with Gasteiger partial charge in [-0.3, -0.25) is 10.2 Å². The summed E-state index contributed by atoms with van der Waals surface area (Å²) in [5, 5.41) is 14.7. The zero-order valence-electron chi connectivity index (χ0n) is 16.7. The average Bonchev–Trinajstić information content (AvgIpc) is 3.25. The van der Waals surface area contributed by atoms with Crippen LogP contribution in [0.15, 0.2) is 46.0 Å². The van der Waals surface area contributed by atoms with Gasteiger partial charge in [-0.05, 0) is 73.7 Å². The fourth-order valence-corrected chi connectivity index (χ4v) is 4.77. The van der Waals surface area contributed by atoms with Crippen LogP contribution in [0.4, 0.5) is 0 Å². The van der Waals surface area contributed by atoms with Gasteiger partial charge in [0.05, 0.1) is 5.57 Å². The molecule has 1 N–H and O–H groups in total. The largest absolute Gasteiger partial charge is 0.318 e. The molecule has 0 saturated carbocycles. The summed E-state index contributed by atoms with van der Waals surface area (Å²) >= 11 is 2.79. The molecular formula is C21H21N5OS2. The summed E-state index contributed by atoms with van der Waals surface area (Å²) in [7, 11) is 0. The van der Waals surface area contributed by atoms with Crippen LogP contribution in [-0.4, -0.2) is 37.1 Å². The standard InChI is InChI=1S/C21H21N5OS2/c1-5-14-6-8-16(9-7-14)25-12(2)10-15(13(25)3)11-17-18(22)26-20(23-19(17)27)29-21(24-26)28-4/h6-11,22H,5H2,1-4H3/b17-11+,22-18?. The molecule has 2 aliphatic rings. The van der Waals surface area contributed by atoms with E-state index in [0.29, 0.717) is 5.17 Å². The molecule has 148 valence electrons. The van der Waals surface area contributed by atoms with E-state index in [0.717, 1.165) is 33.4 Å². The molecule has 3 heterocycles. The Hall–Kier alpha value is -2.58. The van der Waals surface area contributed by atoms with E-state index in [4.69, 9.17) is 5.41 Å². The van der Waals surface area contributed by atoms with Crippen molar-refractivity contribution in [2.24, 2.45) is 10.1 Å². The minimum atomic E-state index is -0.400. The van der Waals surface area contributed by atoms with Gasteiger partial charge >= 0.3 is 0 Å². The predicted octanol–water partition coefficient (Wildman–Crippen LogP) is 4.60. The first-order chi connectivity index (χ1) is 13.9. The molecule has 0 fully saturated rings. The van der Waals surface area contributed by atoms with Crippen LogP contribution in [-0.2, 0) is 11.2 Å². The van der Waals surface area contributed by atoms with Crippen molar-refractivity contribution < 1.29 is 4.79 Å². The number of carbonyl (C=O) groups is 1. The van der Waals surface area contributed by atoms with E-state index in [1.807, 2.05) is 26.2 Å². The number of nitrogens with one attached hydrogen (secondary N) is 1. The van der Waals surface area contributed by atoms with Crippen LogP contribution in [0.2, 0.25) is 0 Å². The lowest BCUT2D eigenvalue weighted by molar-refractivity contribution is -0.114. The number of fused-ring (bicyclic) bond motifs is 1. The van der Waals surface area contributed by atoms with Crippen molar-refractivity contribution in [1.29, 1.82) is 5.41 Å².